The van der Waals surface area contributed by atoms with Crippen LogP contribution in [-0.4, -0.2) is 79.1 Å². The second kappa shape index (κ2) is 10.7. The number of methoxy groups -OCH3 is 2. The Labute approximate surface area is 190 Å². The quantitative estimate of drug-likeness (QED) is 0.593. The third-order valence-corrected chi connectivity index (χ3v) is 6.77. The van der Waals surface area contributed by atoms with Gasteiger partial charge >= 0.3 is 0 Å². The molecule has 0 aliphatic carbocycles. The number of carbonyl (C=O) groups excluding carboxylic acids is 2. The molecule has 168 valence electrons. The minimum absolute atomic E-state index is 0.0159. The number of anilines is 1. The monoisotopic (exact) mass is 465 g/mol. The van der Waals surface area contributed by atoms with E-state index in [-0.39, 0.29) is 17.9 Å². The number of thioether (sulfide) groups is 1. The summed E-state index contributed by atoms with van der Waals surface area (Å²) in [5.41, 5.74) is 0.519. The van der Waals surface area contributed by atoms with Gasteiger partial charge in [-0.1, -0.05) is 23.1 Å². The topological polar surface area (TPSA) is 96.9 Å². The van der Waals surface area contributed by atoms with Crippen molar-refractivity contribution < 1.29 is 19.1 Å². The summed E-state index contributed by atoms with van der Waals surface area (Å²) in [7, 11) is 3.12. The third kappa shape index (κ3) is 6.01. The van der Waals surface area contributed by atoms with Gasteiger partial charge in [-0.15, -0.1) is 10.2 Å². The van der Waals surface area contributed by atoms with Gasteiger partial charge in [0.2, 0.25) is 11.0 Å². The van der Waals surface area contributed by atoms with Crippen molar-refractivity contribution >= 4 is 40.0 Å². The SMILES string of the molecule is COc1ccc(C(=O)N2CCN(c3nnc(SCC(=O)NC(C)C)s3)CC2)c(OC)c1. The highest BCUT2D eigenvalue weighted by Gasteiger charge is 2.26. The number of ether oxygens (including phenoxy) is 2. The van der Waals surface area contributed by atoms with Crippen LogP contribution in [0.2, 0.25) is 0 Å². The fourth-order valence-corrected chi connectivity index (χ4v) is 4.83. The number of amides is 2. The maximum atomic E-state index is 13.0. The molecule has 0 bridgehead atoms. The van der Waals surface area contributed by atoms with Gasteiger partial charge in [-0.2, -0.15) is 0 Å². The number of benzene rings is 1. The molecule has 1 aliphatic rings. The lowest BCUT2D eigenvalue weighted by molar-refractivity contribution is -0.119. The molecule has 2 heterocycles. The van der Waals surface area contributed by atoms with Gasteiger partial charge in [-0.25, -0.2) is 0 Å². The van der Waals surface area contributed by atoms with E-state index in [1.165, 1.54) is 23.1 Å². The summed E-state index contributed by atoms with van der Waals surface area (Å²) in [5, 5.41) is 12.1. The van der Waals surface area contributed by atoms with Gasteiger partial charge in [0.25, 0.3) is 5.91 Å². The number of nitrogens with zero attached hydrogens (tertiary/aromatic N) is 4. The van der Waals surface area contributed by atoms with Crippen LogP contribution >= 0.6 is 23.1 Å². The van der Waals surface area contributed by atoms with E-state index < -0.39 is 0 Å². The molecule has 1 aliphatic heterocycles. The summed E-state index contributed by atoms with van der Waals surface area (Å²) in [5.74, 6) is 1.38. The first-order valence-corrected chi connectivity index (χ1v) is 11.7. The van der Waals surface area contributed by atoms with E-state index in [9.17, 15) is 9.59 Å². The van der Waals surface area contributed by atoms with Gasteiger partial charge in [-0.3, -0.25) is 9.59 Å². The lowest BCUT2D eigenvalue weighted by Crippen LogP contribution is -2.48. The molecule has 31 heavy (non-hydrogen) atoms. The average Bonchev–Trinajstić information content (AvgIpc) is 3.25. The van der Waals surface area contributed by atoms with Crippen LogP contribution in [0.3, 0.4) is 0 Å². The molecule has 1 aromatic carbocycles. The van der Waals surface area contributed by atoms with Crippen molar-refractivity contribution in [1.82, 2.24) is 20.4 Å². The zero-order valence-corrected chi connectivity index (χ0v) is 19.7. The van der Waals surface area contributed by atoms with E-state index in [0.29, 0.717) is 49.0 Å². The molecule has 3 rings (SSSR count). The standard InChI is InChI=1S/C20H27N5O4S2/c1-13(2)21-17(26)12-30-20-23-22-19(31-20)25-9-7-24(8-10-25)18(27)15-6-5-14(28-3)11-16(15)29-4/h5-6,11,13H,7-10,12H2,1-4H3,(H,21,26). The molecule has 1 N–H and O–H groups in total. The molecule has 1 saturated heterocycles. The Kier molecular flexibility index (Phi) is 7.97. The van der Waals surface area contributed by atoms with E-state index in [4.69, 9.17) is 9.47 Å². The van der Waals surface area contributed by atoms with Crippen molar-refractivity contribution in [2.75, 3.05) is 51.1 Å². The summed E-state index contributed by atoms with van der Waals surface area (Å²) < 4.78 is 11.3. The van der Waals surface area contributed by atoms with Crippen LogP contribution in [0, 0.1) is 0 Å². The van der Waals surface area contributed by atoms with E-state index in [2.05, 4.69) is 20.4 Å². The lowest BCUT2D eigenvalue weighted by Gasteiger charge is -2.34. The first kappa shape index (κ1) is 23.1. The number of hydrogen-bond donors (Lipinski definition) is 1. The highest BCUT2D eigenvalue weighted by Crippen LogP contribution is 2.30. The van der Waals surface area contributed by atoms with Crippen molar-refractivity contribution in [2.24, 2.45) is 0 Å². The number of nitrogens with one attached hydrogen (secondary N) is 1. The smallest absolute Gasteiger partial charge is 0.257 e. The molecule has 0 spiro atoms. The Morgan fingerprint density at radius 1 is 1.16 bits per heavy atom. The summed E-state index contributed by atoms with van der Waals surface area (Å²) >= 11 is 2.85. The Bertz CT molecular complexity index is 913. The van der Waals surface area contributed by atoms with Crippen LogP contribution in [0.15, 0.2) is 22.5 Å². The van der Waals surface area contributed by atoms with Crippen LogP contribution in [0.25, 0.3) is 0 Å². The normalized spacial score (nSPS) is 14.0. The van der Waals surface area contributed by atoms with Crippen molar-refractivity contribution in [3.63, 3.8) is 0 Å². The molecule has 0 saturated carbocycles. The first-order valence-electron chi connectivity index (χ1n) is 9.93. The predicted octanol–water partition coefficient (Wildman–Crippen LogP) is 2.13. The van der Waals surface area contributed by atoms with Crippen LogP contribution < -0.4 is 19.7 Å². The highest BCUT2D eigenvalue weighted by molar-refractivity contribution is 8.01. The zero-order valence-electron chi connectivity index (χ0n) is 18.1. The van der Waals surface area contributed by atoms with Gasteiger partial charge < -0.3 is 24.6 Å². The molecular formula is C20H27N5O4S2. The first-order chi connectivity index (χ1) is 14.9. The molecule has 2 aromatic rings. The number of piperazine rings is 1. The van der Waals surface area contributed by atoms with Crippen LogP contribution in [0.5, 0.6) is 11.5 Å². The predicted molar refractivity (Wildman–Crippen MR) is 122 cm³/mol. The Morgan fingerprint density at radius 2 is 1.90 bits per heavy atom. The highest BCUT2D eigenvalue weighted by atomic mass is 32.2. The van der Waals surface area contributed by atoms with Crippen LogP contribution in [0.1, 0.15) is 24.2 Å². The van der Waals surface area contributed by atoms with E-state index in [0.717, 1.165) is 9.47 Å². The summed E-state index contributed by atoms with van der Waals surface area (Å²) in [6.07, 6.45) is 0. The Hall–Kier alpha value is -2.53. The van der Waals surface area contributed by atoms with Crippen molar-refractivity contribution in [1.29, 1.82) is 0 Å². The molecule has 0 unspecified atom stereocenters. The van der Waals surface area contributed by atoms with E-state index in [1.54, 1.807) is 32.4 Å². The molecule has 2 amide bonds. The van der Waals surface area contributed by atoms with Gasteiger partial charge in [0.1, 0.15) is 11.5 Å². The number of hydrogen-bond acceptors (Lipinski definition) is 9. The maximum absolute atomic E-state index is 13.0. The summed E-state index contributed by atoms with van der Waals surface area (Å²) in [6.45, 7) is 6.34. The molecule has 1 aromatic heterocycles. The van der Waals surface area contributed by atoms with Gasteiger partial charge in [0, 0.05) is 38.3 Å². The molecule has 11 heteroatoms. The lowest BCUT2D eigenvalue weighted by atomic mass is 10.1. The minimum Gasteiger partial charge on any atom is -0.497 e. The molecule has 9 nitrogen and oxygen atoms in total. The molecule has 0 radical (unpaired) electrons. The summed E-state index contributed by atoms with van der Waals surface area (Å²) in [4.78, 5) is 28.7. The van der Waals surface area contributed by atoms with Gasteiger partial charge in [0.15, 0.2) is 4.34 Å². The second-order valence-corrected chi connectivity index (χ2v) is 9.39. The Balaban J connectivity index is 1.55. The zero-order chi connectivity index (χ0) is 22.4. The summed E-state index contributed by atoms with van der Waals surface area (Å²) in [6, 6.07) is 5.32. The van der Waals surface area contributed by atoms with Crippen molar-refractivity contribution in [3.05, 3.63) is 23.8 Å². The number of carbonyl (C=O) groups is 2. The van der Waals surface area contributed by atoms with Crippen LogP contribution in [0.4, 0.5) is 5.13 Å². The third-order valence-electron chi connectivity index (χ3n) is 4.65. The van der Waals surface area contributed by atoms with Gasteiger partial charge in [-0.05, 0) is 26.0 Å². The second-order valence-electron chi connectivity index (χ2n) is 7.21. The average molecular weight is 466 g/mol. The Morgan fingerprint density at radius 3 is 2.55 bits per heavy atom. The number of aromatic nitrogens is 2. The largest absolute Gasteiger partial charge is 0.497 e. The van der Waals surface area contributed by atoms with E-state index >= 15 is 0 Å². The molecular weight excluding hydrogens is 438 g/mol. The fraction of sp³-hybridized carbons (Fsp3) is 0.500. The van der Waals surface area contributed by atoms with Crippen molar-refractivity contribution in [3.8, 4) is 11.5 Å². The van der Waals surface area contributed by atoms with Crippen molar-refractivity contribution in [2.45, 2.75) is 24.2 Å². The maximum Gasteiger partial charge on any atom is 0.257 e. The molecule has 0 atom stereocenters. The molecule has 1 fully saturated rings. The minimum atomic E-state index is -0.0659. The van der Waals surface area contributed by atoms with Crippen LogP contribution in [-0.2, 0) is 4.79 Å². The number of rotatable bonds is 8. The fourth-order valence-electron chi connectivity index (χ4n) is 3.13. The van der Waals surface area contributed by atoms with E-state index in [1.807, 2.05) is 18.7 Å². The van der Waals surface area contributed by atoms with Gasteiger partial charge in [0.05, 0.1) is 25.5 Å².